The van der Waals surface area contributed by atoms with Crippen LogP contribution < -0.4 is 0 Å². The summed E-state index contributed by atoms with van der Waals surface area (Å²) in [5.74, 6) is 5.01. The van der Waals surface area contributed by atoms with Gasteiger partial charge in [0.05, 0.1) is 22.8 Å². The van der Waals surface area contributed by atoms with Crippen LogP contribution in [0.1, 0.15) is 0 Å². The van der Waals surface area contributed by atoms with Crippen molar-refractivity contribution in [1.82, 2.24) is 54.8 Å². The number of rotatable bonds is 20. The molecule has 0 fully saturated rings. The van der Waals surface area contributed by atoms with Crippen molar-refractivity contribution < 1.29 is 0 Å². The Kier molecular flexibility index (Phi) is 23.2. The summed E-state index contributed by atoms with van der Waals surface area (Å²) >= 11 is 0. The zero-order valence-electron chi connectivity index (χ0n) is 71.7. The first-order valence-corrected chi connectivity index (χ1v) is 44.0. The Morgan fingerprint density at radius 2 is 0.265 bits per heavy atom. The van der Waals surface area contributed by atoms with Crippen LogP contribution in [-0.4, -0.2) is 54.8 Å². The predicted molar refractivity (Wildman–Crippen MR) is 537 cm³/mol. The average molecular weight is 1690 g/mol. The summed E-state index contributed by atoms with van der Waals surface area (Å²) in [7, 11) is 0. The number of aromatic nitrogens is 11. The fraction of sp³-hybridized carbons (Fsp3) is 0. The lowest BCUT2D eigenvalue weighted by Crippen LogP contribution is -2.00. The Bertz CT molecular complexity index is 7540. The third-order valence-corrected chi connectivity index (χ3v) is 23.5. The molecule has 22 rings (SSSR count). The van der Waals surface area contributed by atoms with Crippen molar-refractivity contribution in [2.45, 2.75) is 0 Å². The van der Waals surface area contributed by atoms with Crippen LogP contribution in [0.25, 0.3) is 225 Å². The van der Waals surface area contributed by atoms with E-state index in [1.54, 1.807) is 6.20 Å². The third kappa shape index (κ3) is 18.4. The van der Waals surface area contributed by atoms with E-state index in [-0.39, 0.29) is 0 Å². The molecule has 11 nitrogen and oxygen atoms in total. The van der Waals surface area contributed by atoms with Crippen LogP contribution >= 0.6 is 0 Å². The second kappa shape index (κ2) is 37.7. The molecule has 0 N–H and O–H groups in total. The molecular weight excluding hydrogens is 1610 g/mol. The minimum atomic E-state index is 0.600. The first kappa shape index (κ1) is 81.1. The molecule has 0 radical (unpaired) electrons. The molecule has 0 aliphatic heterocycles. The molecule has 0 atom stereocenters. The van der Waals surface area contributed by atoms with Gasteiger partial charge in [0.25, 0.3) is 0 Å². The van der Waals surface area contributed by atoms with Gasteiger partial charge in [-0.15, -0.1) is 0 Å². The smallest absolute Gasteiger partial charge is 0.164 e. The lowest BCUT2D eigenvalue weighted by atomic mass is 9.99. The van der Waals surface area contributed by atoms with Gasteiger partial charge in [-0.2, -0.15) is 0 Å². The first-order chi connectivity index (χ1) is 65.3. The highest BCUT2D eigenvalue weighted by Crippen LogP contribution is 2.39. The van der Waals surface area contributed by atoms with E-state index in [1.165, 1.54) is 0 Å². The predicted octanol–water partition coefficient (Wildman–Crippen LogP) is 30.1. The van der Waals surface area contributed by atoms with Gasteiger partial charge in [0, 0.05) is 79.2 Å². The quantitative estimate of drug-likeness (QED) is 0.0720. The highest BCUT2D eigenvalue weighted by Gasteiger charge is 2.21. The summed E-state index contributed by atoms with van der Waals surface area (Å²) in [4.78, 5) is 55.2. The van der Waals surface area contributed by atoms with Crippen molar-refractivity contribution in [3.63, 3.8) is 0 Å². The summed E-state index contributed by atoms with van der Waals surface area (Å²) < 4.78 is 0. The fourth-order valence-corrected chi connectivity index (χ4v) is 16.4. The molecule has 0 unspecified atom stereocenters. The van der Waals surface area contributed by atoms with E-state index in [4.69, 9.17) is 49.8 Å². The van der Waals surface area contributed by atoms with E-state index in [0.29, 0.717) is 46.6 Å². The number of nitrogens with zero attached hydrogens (tertiary/aromatic N) is 11. The van der Waals surface area contributed by atoms with Crippen LogP contribution in [0, 0.1) is 0 Å². The average Bonchev–Trinajstić information content (AvgIpc) is 0.794. The van der Waals surface area contributed by atoms with Gasteiger partial charge >= 0.3 is 0 Å². The minimum Gasteiger partial charge on any atom is -0.264 e. The zero-order chi connectivity index (χ0) is 88.1. The summed E-state index contributed by atoms with van der Waals surface area (Å²) in [5.41, 5.74) is 32.7. The Morgan fingerprint density at radius 3 is 0.538 bits per heavy atom. The van der Waals surface area contributed by atoms with E-state index in [9.17, 15) is 0 Å². The highest BCUT2D eigenvalue weighted by atomic mass is 15.0. The Hall–Kier alpha value is -17.9. The van der Waals surface area contributed by atoms with Crippen molar-refractivity contribution in [2.24, 2.45) is 0 Å². The number of hydrogen-bond donors (Lipinski definition) is 0. The van der Waals surface area contributed by atoms with Gasteiger partial charge in [-0.1, -0.05) is 443 Å². The molecule has 0 spiro atoms. The van der Waals surface area contributed by atoms with E-state index >= 15 is 0 Å². The number of benzene rings is 17. The fourth-order valence-electron chi connectivity index (χ4n) is 16.4. The highest BCUT2D eigenvalue weighted by molar-refractivity contribution is 5.83. The normalized spacial score (nSPS) is 11.0. The Balaban J connectivity index is 0.000000159. The number of hydrogen-bond acceptors (Lipinski definition) is 11. The van der Waals surface area contributed by atoms with Gasteiger partial charge in [0.1, 0.15) is 0 Å². The Labute approximate surface area is 766 Å². The van der Waals surface area contributed by atoms with Gasteiger partial charge in [-0.25, -0.2) is 49.8 Å². The van der Waals surface area contributed by atoms with Crippen LogP contribution in [0.3, 0.4) is 0 Å². The zero-order valence-corrected chi connectivity index (χ0v) is 71.7. The first-order valence-electron chi connectivity index (χ1n) is 44.0. The minimum absolute atomic E-state index is 0.600. The molecule has 0 saturated carbocycles. The van der Waals surface area contributed by atoms with Crippen molar-refractivity contribution >= 4 is 0 Å². The van der Waals surface area contributed by atoms with Crippen molar-refractivity contribution in [1.29, 1.82) is 0 Å². The topological polar surface area (TPSA) is 142 Å². The largest absolute Gasteiger partial charge is 0.264 e. The molecule has 5 heterocycles. The van der Waals surface area contributed by atoms with Gasteiger partial charge in [-0.05, 0) is 125 Å². The van der Waals surface area contributed by atoms with Gasteiger partial charge in [-0.3, -0.25) is 4.98 Å². The summed E-state index contributed by atoms with van der Waals surface area (Å²) in [6, 6.07) is 165. The molecule has 132 heavy (non-hydrogen) atoms. The van der Waals surface area contributed by atoms with Crippen LogP contribution in [0.2, 0.25) is 0 Å². The van der Waals surface area contributed by atoms with Gasteiger partial charge in [0.2, 0.25) is 0 Å². The van der Waals surface area contributed by atoms with E-state index in [0.717, 1.165) is 179 Å². The van der Waals surface area contributed by atoms with Crippen LogP contribution in [-0.2, 0) is 0 Å². The summed E-state index contributed by atoms with van der Waals surface area (Å²) in [6.07, 6.45) is 3.67. The molecule has 11 heteroatoms. The lowest BCUT2D eigenvalue weighted by Gasteiger charge is -2.12. The monoisotopic (exact) mass is 1690 g/mol. The van der Waals surface area contributed by atoms with Crippen LogP contribution in [0.15, 0.2) is 492 Å². The second-order valence-corrected chi connectivity index (χ2v) is 32.1. The third-order valence-electron chi connectivity index (χ3n) is 23.5. The molecule has 0 aliphatic carbocycles. The Morgan fingerprint density at radius 1 is 0.0985 bits per heavy atom. The molecular formula is C121H81N11. The molecule has 0 aliphatic rings. The van der Waals surface area contributed by atoms with E-state index in [1.807, 2.05) is 91.1 Å². The summed E-state index contributed by atoms with van der Waals surface area (Å²) in [6.45, 7) is 0. The van der Waals surface area contributed by atoms with Gasteiger partial charge in [0.15, 0.2) is 46.6 Å². The maximum atomic E-state index is 5.11. The van der Waals surface area contributed by atoms with Crippen LogP contribution in [0.4, 0.5) is 0 Å². The van der Waals surface area contributed by atoms with E-state index in [2.05, 4.69) is 399 Å². The molecule has 17 aromatic carbocycles. The molecule has 5 aromatic heterocycles. The van der Waals surface area contributed by atoms with Gasteiger partial charge < -0.3 is 0 Å². The molecule has 0 saturated heterocycles. The number of pyridine rings is 1. The maximum absolute atomic E-state index is 5.11. The molecule has 0 amide bonds. The molecule has 22 aromatic rings. The van der Waals surface area contributed by atoms with E-state index < -0.39 is 0 Å². The van der Waals surface area contributed by atoms with Crippen LogP contribution in [0.5, 0.6) is 0 Å². The lowest BCUT2D eigenvalue weighted by molar-refractivity contribution is 1.07. The SMILES string of the molecule is c1ccc(-c2ccc(-c3nc(-c4ccc(-c5ccccc5)cc4)nc(-c4cccc(-c5ccc(-c6cc(-c7ccc(-c8cccnc8)cc7)nc(-c7ccccc7)n6)cc5)c4)n3)cc2)cc1.c1ccc(-c2ccc(-c3nc(-c4ccc(-c5ccccc5)cc4)nc(-c4cccc(-c5ccc(-c6cc(-c7cccc(-c8ccccc8)c7)nc(-c7ccccc7)n6)cc5)c4)n3)cc2)cc1. The van der Waals surface area contributed by atoms with Crippen molar-refractivity contribution in [2.75, 3.05) is 0 Å². The molecule has 0 bridgehead atoms. The van der Waals surface area contributed by atoms with Crippen molar-refractivity contribution in [3.05, 3.63) is 492 Å². The standard InChI is InChI=1S/C61H41N5.C60H40N6/c1-5-15-42(16-6-1)45-29-35-50(36-30-45)59-64-60(51-37-31-46(32-38-51)43-17-7-2-8-18-43)66-61(65-59)55-26-14-24-53(40-55)47-27-33-48(34-28-47)56-41-57(63-58(62-56)49-21-11-4-12-22-49)54-25-13-23-52(39-54)44-19-9-3-10-20-44;1-4-12-41(13-5-1)43-25-33-50(34-26-43)58-64-59(51-35-27-44(28-36-51)42-14-6-2-7-15-42)66-60(65-58)53-19-10-18-52(38-53)45-21-29-47(30-22-45)55-39-56(63-57(62-55)49-16-8-3-9-17-49)48-31-23-46(24-32-48)54-20-11-37-61-40-54/h1-41H;1-40H. The summed E-state index contributed by atoms with van der Waals surface area (Å²) in [5, 5.41) is 0. The van der Waals surface area contributed by atoms with Crippen molar-refractivity contribution in [3.8, 4) is 225 Å². The maximum Gasteiger partial charge on any atom is 0.164 e. The molecule has 620 valence electrons. The second-order valence-electron chi connectivity index (χ2n) is 32.1.